The van der Waals surface area contributed by atoms with Crippen LogP contribution in [0.1, 0.15) is 46.7 Å². The molecule has 0 spiro atoms. The highest BCUT2D eigenvalue weighted by Gasteiger charge is 2.09. The second kappa shape index (κ2) is 11.4. The van der Waals surface area contributed by atoms with Gasteiger partial charge in [-0.05, 0) is 33.3 Å². The molecule has 2 aromatic heterocycles. The summed E-state index contributed by atoms with van der Waals surface area (Å²) in [6, 6.07) is 5.28. The first-order chi connectivity index (χ1) is 11.5. The Bertz CT molecular complexity index is 698. The molecule has 0 saturated carbocycles. The van der Waals surface area contributed by atoms with Crippen LogP contribution in [-0.2, 0) is 6.54 Å². The Labute approximate surface area is 145 Å². The number of pyridine rings is 2. The molecule has 0 amide bonds. The van der Waals surface area contributed by atoms with Gasteiger partial charge in [0, 0.05) is 36.8 Å². The number of hydrogen-bond acceptors (Lipinski definition) is 4. The van der Waals surface area contributed by atoms with Crippen molar-refractivity contribution in [1.29, 1.82) is 0 Å². The quantitative estimate of drug-likeness (QED) is 0.523. The van der Waals surface area contributed by atoms with Crippen molar-refractivity contribution in [3.05, 3.63) is 46.4 Å². The Morgan fingerprint density at radius 2 is 1.83 bits per heavy atom. The maximum atomic E-state index is 11.9. The zero-order valence-corrected chi connectivity index (χ0v) is 16.1. The molecule has 0 radical (unpaired) electrons. The molecule has 2 aromatic rings. The summed E-state index contributed by atoms with van der Waals surface area (Å²) in [4.78, 5) is 16.3. The number of anilines is 1. The summed E-state index contributed by atoms with van der Waals surface area (Å²) >= 11 is 0. The Hall–Kier alpha value is -2.14. The van der Waals surface area contributed by atoms with Gasteiger partial charge in [0.15, 0.2) is 0 Å². The van der Waals surface area contributed by atoms with Crippen LogP contribution in [0, 0.1) is 6.92 Å². The van der Waals surface area contributed by atoms with Gasteiger partial charge in [-0.2, -0.15) is 0 Å². The summed E-state index contributed by atoms with van der Waals surface area (Å²) < 4.78 is 1.77. The summed E-state index contributed by atoms with van der Waals surface area (Å²) in [6.07, 6.45) is 4.91. The first-order valence-corrected chi connectivity index (χ1v) is 8.53. The Morgan fingerprint density at radius 1 is 1.25 bits per heavy atom. The first-order valence-electron chi connectivity index (χ1n) is 8.53. The van der Waals surface area contributed by atoms with E-state index in [9.17, 15) is 4.79 Å². The molecule has 2 N–H and O–H groups in total. The van der Waals surface area contributed by atoms with Crippen molar-refractivity contribution in [1.82, 2.24) is 9.55 Å². The number of allylic oxidation sites excluding steroid dienone is 2. The van der Waals surface area contributed by atoms with E-state index < -0.39 is 0 Å². The number of aryl methyl sites for hydroxylation is 2. The van der Waals surface area contributed by atoms with Crippen molar-refractivity contribution in [3.63, 3.8) is 0 Å². The molecule has 0 unspecified atom stereocenters. The molecule has 5 heteroatoms. The maximum absolute atomic E-state index is 11.9. The fraction of sp³-hybridized carbons (Fsp3) is 0.474. The van der Waals surface area contributed by atoms with Crippen LogP contribution in [0.3, 0.4) is 0 Å². The van der Waals surface area contributed by atoms with Crippen molar-refractivity contribution in [2.24, 2.45) is 5.84 Å². The molecule has 0 aromatic carbocycles. The smallest absolute Gasteiger partial charge is 0.251 e. The van der Waals surface area contributed by atoms with Gasteiger partial charge in [-0.1, -0.05) is 32.9 Å². The highest BCUT2D eigenvalue weighted by atomic mass is 16.1. The van der Waals surface area contributed by atoms with Gasteiger partial charge in [-0.25, -0.2) is 10.8 Å². The van der Waals surface area contributed by atoms with Gasteiger partial charge in [0.05, 0.1) is 5.52 Å². The third kappa shape index (κ3) is 5.81. The van der Waals surface area contributed by atoms with Crippen LogP contribution >= 0.6 is 0 Å². The van der Waals surface area contributed by atoms with Crippen LogP contribution in [0.5, 0.6) is 0 Å². The van der Waals surface area contributed by atoms with Crippen LogP contribution < -0.4 is 16.4 Å². The topological polar surface area (TPSA) is 64.2 Å². The van der Waals surface area contributed by atoms with Gasteiger partial charge in [-0.15, -0.1) is 0 Å². The van der Waals surface area contributed by atoms with E-state index in [2.05, 4.69) is 11.9 Å². The second-order valence-corrected chi connectivity index (χ2v) is 5.10. The SMILES string of the molecule is C/C=C/C.CC.CCCn1c(=O)ccc2c(C)nc(N(C)N)cc21. The number of aromatic nitrogens is 2. The monoisotopic (exact) mass is 332 g/mol. The average Bonchev–Trinajstić information content (AvgIpc) is 2.59. The highest BCUT2D eigenvalue weighted by Crippen LogP contribution is 2.20. The van der Waals surface area contributed by atoms with Crippen molar-refractivity contribution < 1.29 is 0 Å². The largest absolute Gasteiger partial charge is 0.308 e. The molecule has 0 bridgehead atoms. The van der Waals surface area contributed by atoms with Gasteiger partial charge >= 0.3 is 0 Å². The lowest BCUT2D eigenvalue weighted by Crippen LogP contribution is -2.27. The molecule has 0 saturated heterocycles. The summed E-state index contributed by atoms with van der Waals surface area (Å²) in [6.45, 7) is 12.7. The lowest BCUT2D eigenvalue weighted by Gasteiger charge is -2.15. The maximum Gasteiger partial charge on any atom is 0.251 e. The molecule has 0 aliphatic heterocycles. The van der Waals surface area contributed by atoms with E-state index in [1.807, 2.05) is 58.9 Å². The van der Waals surface area contributed by atoms with Crippen LogP contribution in [0.25, 0.3) is 10.9 Å². The minimum absolute atomic E-state index is 0.0144. The number of hydrazine groups is 1. The van der Waals surface area contributed by atoms with Gasteiger partial charge in [0.25, 0.3) is 5.56 Å². The normalized spacial score (nSPS) is 10.0. The zero-order valence-electron chi connectivity index (χ0n) is 16.1. The lowest BCUT2D eigenvalue weighted by atomic mass is 10.2. The van der Waals surface area contributed by atoms with E-state index in [1.165, 1.54) is 5.01 Å². The number of nitrogens with two attached hydrogens (primary N) is 1. The van der Waals surface area contributed by atoms with Gasteiger partial charge in [0.2, 0.25) is 0 Å². The van der Waals surface area contributed by atoms with Crippen molar-refractivity contribution in [3.8, 4) is 0 Å². The van der Waals surface area contributed by atoms with Crippen molar-refractivity contribution in [2.45, 2.75) is 54.5 Å². The average molecular weight is 332 g/mol. The molecule has 0 fully saturated rings. The van der Waals surface area contributed by atoms with E-state index in [0.717, 1.165) is 23.0 Å². The second-order valence-electron chi connectivity index (χ2n) is 5.10. The minimum Gasteiger partial charge on any atom is -0.308 e. The van der Waals surface area contributed by atoms with E-state index >= 15 is 0 Å². The van der Waals surface area contributed by atoms with E-state index in [-0.39, 0.29) is 5.56 Å². The molecule has 0 aliphatic rings. The predicted molar refractivity (Wildman–Crippen MR) is 105 cm³/mol. The van der Waals surface area contributed by atoms with Crippen LogP contribution in [0.2, 0.25) is 0 Å². The molecule has 2 heterocycles. The van der Waals surface area contributed by atoms with Crippen LogP contribution in [-0.4, -0.2) is 16.6 Å². The number of hydrogen-bond donors (Lipinski definition) is 1. The van der Waals surface area contributed by atoms with E-state index in [0.29, 0.717) is 12.4 Å². The Balaban J connectivity index is 0.000000773. The molecule has 0 atom stereocenters. The summed E-state index contributed by atoms with van der Waals surface area (Å²) in [5.41, 5.74) is 1.79. The molecule has 24 heavy (non-hydrogen) atoms. The highest BCUT2D eigenvalue weighted by molar-refractivity contribution is 5.83. The van der Waals surface area contributed by atoms with Crippen molar-refractivity contribution in [2.75, 3.05) is 12.1 Å². The fourth-order valence-electron chi connectivity index (χ4n) is 2.08. The standard InChI is InChI=1S/C13H18N4O.C4H8.C2H6/c1-4-7-17-11-8-12(16(3)14)15-9(2)10(11)5-6-13(17)18;1-3-4-2;1-2/h5-6,8H,4,7,14H2,1-3H3;3-4H,1-2H3;1-2H3/b;4-3+;. The van der Waals surface area contributed by atoms with Crippen LogP contribution in [0.4, 0.5) is 5.82 Å². The summed E-state index contributed by atoms with van der Waals surface area (Å²) in [5.74, 6) is 6.38. The number of fused-ring (bicyclic) bond motifs is 1. The molecule has 0 aliphatic carbocycles. The number of rotatable bonds is 3. The minimum atomic E-state index is 0.0144. The molecule has 5 nitrogen and oxygen atoms in total. The third-order valence-corrected chi connectivity index (χ3v) is 3.31. The fourth-order valence-corrected chi connectivity index (χ4v) is 2.08. The van der Waals surface area contributed by atoms with E-state index in [4.69, 9.17) is 5.84 Å². The Kier molecular flexibility index (Phi) is 10.4. The molecule has 134 valence electrons. The van der Waals surface area contributed by atoms with Crippen molar-refractivity contribution >= 4 is 16.7 Å². The summed E-state index contributed by atoms with van der Waals surface area (Å²) in [7, 11) is 1.73. The lowest BCUT2D eigenvalue weighted by molar-refractivity contribution is 0.677. The number of nitrogens with zero attached hydrogens (tertiary/aromatic N) is 3. The third-order valence-electron chi connectivity index (χ3n) is 3.31. The van der Waals surface area contributed by atoms with Gasteiger partial charge < -0.3 is 4.57 Å². The molecule has 2 rings (SSSR count). The Morgan fingerprint density at radius 3 is 2.29 bits per heavy atom. The molecular weight excluding hydrogens is 300 g/mol. The predicted octanol–water partition coefficient (Wildman–Crippen LogP) is 4.03. The zero-order chi connectivity index (χ0) is 18.7. The summed E-state index contributed by atoms with van der Waals surface area (Å²) in [5, 5.41) is 2.45. The van der Waals surface area contributed by atoms with Crippen LogP contribution in [0.15, 0.2) is 35.1 Å². The molecular formula is C19H32N4O. The van der Waals surface area contributed by atoms with E-state index in [1.54, 1.807) is 17.7 Å². The van der Waals surface area contributed by atoms with Gasteiger partial charge in [-0.3, -0.25) is 9.80 Å². The van der Waals surface area contributed by atoms with Gasteiger partial charge in [0.1, 0.15) is 5.82 Å². The first kappa shape index (κ1) is 21.9.